The molecule has 1 heterocycles. The van der Waals surface area contributed by atoms with Gasteiger partial charge in [-0.25, -0.2) is 0 Å². The Morgan fingerprint density at radius 3 is 2.26 bits per heavy atom. The Morgan fingerprint density at radius 1 is 1.06 bits per heavy atom. The summed E-state index contributed by atoms with van der Waals surface area (Å²) in [5.74, 6) is -0.217. The summed E-state index contributed by atoms with van der Waals surface area (Å²) in [6.07, 6.45) is 1.19. The highest BCUT2D eigenvalue weighted by molar-refractivity contribution is 5.67. The van der Waals surface area contributed by atoms with Crippen molar-refractivity contribution in [1.29, 1.82) is 0 Å². The van der Waals surface area contributed by atoms with Crippen LogP contribution in [0.4, 0.5) is 13.2 Å². The summed E-state index contributed by atoms with van der Waals surface area (Å²) in [5.41, 5.74) is 2.69. The Balaban J connectivity index is 1.96. The molecule has 3 unspecified atom stereocenters. The first-order chi connectivity index (χ1) is 16.6. The highest BCUT2D eigenvalue weighted by atomic mass is 19.4. The first-order valence-electron chi connectivity index (χ1n) is 12.8. The molecule has 1 aliphatic rings. The van der Waals surface area contributed by atoms with E-state index < -0.39 is 17.7 Å². The van der Waals surface area contributed by atoms with Gasteiger partial charge >= 0.3 is 12.1 Å². The van der Waals surface area contributed by atoms with Gasteiger partial charge in [-0.3, -0.25) is 9.69 Å². The van der Waals surface area contributed by atoms with E-state index in [9.17, 15) is 23.1 Å². The number of piperidine rings is 1. The maximum Gasteiger partial charge on any atom is 0.416 e. The minimum Gasteiger partial charge on any atom is -0.481 e. The molecule has 0 bridgehead atoms. The standard InChI is InChI=1S/C29H38F3NO2/c1-4-5-21-7-9-24(10-8-21)27-18-22(19-28(34)35)16-17-33(27)26(15-6-20(2)3)23-11-13-25(14-12-23)29(30,31)32/h7-14,20,22,26-27H,4-6,15-19H2,1-3H3,(H,34,35). The summed E-state index contributed by atoms with van der Waals surface area (Å²) in [6, 6.07) is 14.2. The number of likely N-dealkylation sites (tertiary alicyclic amines) is 1. The van der Waals surface area contributed by atoms with Gasteiger partial charge in [0.2, 0.25) is 0 Å². The van der Waals surface area contributed by atoms with Crippen LogP contribution < -0.4 is 0 Å². The van der Waals surface area contributed by atoms with Crippen LogP contribution >= 0.6 is 0 Å². The molecule has 0 spiro atoms. The van der Waals surface area contributed by atoms with E-state index in [1.54, 1.807) is 12.1 Å². The van der Waals surface area contributed by atoms with E-state index in [0.717, 1.165) is 56.2 Å². The Labute approximate surface area is 207 Å². The van der Waals surface area contributed by atoms with E-state index in [-0.39, 0.29) is 24.4 Å². The van der Waals surface area contributed by atoms with Gasteiger partial charge in [0.15, 0.2) is 0 Å². The van der Waals surface area contributed by atoms with Crippen LogP contribution in [0.3, 0.4) is 0 Å². The molecule has 2 aromatic carbocycles. The number of benzene rings is 2. The number of carboxylic acid groups (broad SMARTS) is 1. The van der Waals surface area contributed by atoms with E-state index in [0.29, 0.717) is 5.92 Å². The summed E-state index contributed by atoms with van der Waals surface area (Å²) >= 11 is 0. The second-order valence-electron chi connectivity index (χ2n) is 10.3. The zero-order chi connectivity index (χ0) is 25.6. The van der Waals surface area contributed by atoms with Crippen LogP contribution in [0.2, 0.25) is 0 Å². The lowest BCUT2D eigenvalue weighted by molar-refractivity contribution is -0.139. The number of carbonyl (C=O) groups is 1. The van der Waals surface area contributed by atoms with Crippen LogP contribution in [0, 0.1) is 11.8 Å². The molecule has 3 rings (SSSR count). The molecule has 1 saturated heterocycles. The maximum absolute atomic E-state index is 13.2. The predicted molar refractivity (Wildman–Crippen MR) is 133 cm³/mol. The first-order valence-corrected chi connectivity index (χ1v) is 12.8. The van der Waals surface area contributed by atoms with Gasteiger partial charge in [-0.2, -0.15) is 13.2 Å². The van der Waals surface area contributed by atoms with Crippen molar-refractivity contribution in [1.82, 2.24) is 4.90 Å². The molecule has 6 heteroatoms. The maximum atomic E-state index is 13.2. The highest BCUT2D eigenvalue weighted by Gasteiger charge is 2.36. The van der Waals surface area contributed by atoms with Gasteiger partial charge in [0.1, 0.15) is 0 Å². The molecule has 35 heavy (non-hydrogen) atoms. The zero-order valence-corrected chi connectivity index (χ0v) is 21.0. The number of aryl methyl sites for hydroxylation is 1. The quantitative estimate of drug-likeness (QED) is 0.367. The zero-order valence-electron chi connectivity index (χ0n) is 21.0. The number of halogens is 3. The molecular formula is C29H38F3NO2. The number of alkyl halides is 3. The fourth-order valence-electron chi connectivity index (χ4n) is 5.29. The van der Waals surface area contributed by atoms with Crippen molar-refractivity contribution in [2.75, 3.05) is 6.54 Å². The second-order valence-corrected chi connectivity index (χ2v) is 10.3. The van der Waals surface area contributed by atoms with E-state index in [1.165, 1.54) is 17.7 Å². The van der Waals surface area contributed by atoms with Gasteiger partial charge in [-0.1, -0.05) is 63.6 Å². The average molecular weight is 490 g/mol. The molecule has 0 amide bonds. The molecule has 1 fully saturated rings. The summed E-state index contributed by atoms with van der Waals surface area (Å²) in [4.78, 5) is 13.9. The van der Waals surface area contributed by atoms with Crippen molar-refractivity contribution < 1.29 is 23.1 Å². The number of nitrogens with zero attached hydrogens (tertiary/aromatic N) is 1. The lowest BCUT2D eigenvalue weighted by Gasteiger charge is -2.44. The van der Waals surface area contributed by atoms with Crippen molar-refractivity contribution >= 4 is 5.97 Å². The molecule has 0 aliphatic carbocycles. The van der Waals surface area contributed by atoms with E-state index in [4.69, 9.17) is 0 Å². The molecule has 0 aromatic heterocycles. The molecule has 2 aromatic rings. The second kappa shape index (κ2) is 12.1. The van der Waals surface area contributed by atoms with Crippen LogP contribution in [0.1, 0.15) is 93.6 Å². The lowest BCUT2D eigenvalue weighted by Crippen LogP contribution is -2.40. The monoisotopic (exact) mass is 489 g/mol. The van der Waals surface area contributed by atoms with E-state index in [1.807, 2.05) is 0 Å². The summed E-state index contributed by atoms with van der Waals surface area (Å²) < 4.78 is 39.6. The molecule has 0 saturated carbocycles. The van der Waals surface area contributed by atoms with Gasteiger partial charge in [-0.15, -0.1) is 0 Å². The Kier molecular flexibility index (Phi) is 9.40. The highest BCUT2D eigenvalue weighted by Crippen LogP contribution is 2.43. The van der Waals surface area contributed by atoms with Crippen LogP contribution in [0.25, 0.3) is 0 Å². The summed E-state index contributed by atoms with van der Waals surface area (Å²) in [7, 11) is 0. The van der Waals surface area contributed by atoms with Crippen LogP contribution in [-0.2, 0) is 17.4 Å². The van der Waals surface area contributed by atoms with Crippen LogP contribution in [0.15, 0.2) is 48.5 Å². The smallest absolute Gasteiger partial charge is 0.416 e. The number of carboxylic acids is 1. The van der Waals surface area contributed by atoms with Crippen LogP contribution in [-0.4, -0.2) is 22.5 Å². The Bertz CT molecular complexity index is 938. The van der Waals surface area contributed by atoms with Gasteiger partial charge < -0.3 is 5.11 Å². The number of hydrogen-bond acceptors (Lipinski definition) is 2. The van der Waals surface area contributed by atoms with Crippen molar-refractivity contribution in [3.05, 3.63) is 70.8 Å². The third-order valence-electron chi connectivity index (χ3n) is 7.16. The van der Waals surface area contributed by atoms with Crippen molar-refractivity contribution in [3.8, 4) is 0 Å². The van der Waals surface area contributed by atoms with Crippen molar-refractivity contribution in [3.63, 3.8) is 0 Å². The fraction of sp³-hybridized carbons (Fsp3) is 0.552. The number of rotatable bonds is 10. The van der Waals surface area contributed by atoms with Crippen molar-refractivity contribution in [2.45, 2.75) is 84.0 Å². The fourth-order valence-corrected chi connectivity index (χ4v) is 5.29. The lowest BCUT2D eigenvalue weighted by atomic mass is 9.82. The van der Waals surface area contributed by atoms with E-state index >= 15 is 0 Å². The van der Waals surface area contributed by atoms with Crippen molar-refractivity contribution in [2.24, 2.45) is 11.8 Å². The Morgan fingerprint density at radius 2 is 1.71 bits per heavy atom. The molecule has 1 N–H and O–H groups in total. The van der Waals surface area contributed by atoms with E-state index in [2.05, 4.69) is 49.9 Å². The molecule has 3 atom stereocenters. The topological polar surface area (TPSA) is 40.5 Å². The molecule has 1 aliphatic heterocycles. The van der Waals surface area contributed by atoms with Gasteiger partial charge in [0.25, 0.3) is 0 Å². The van der Waals surface area contributed by atoms with Gasteiger partial charge in [-0.05, 0) is 79.3 Å². The first kappa shape index (κ1) is 27.3. The largest absolute Gasteiger partial charge is 0.481 e. The summed E-state index contributed by atoms with van der Waals surface area (Å²) in [5, 5.41) is 9.40. The third kappa shape index (κ3) is 7.57. The molecule has 192 valence electrons. The molecule has 0 radical (unpaired) electrons. The average Bonchev–Trinajstić information content (AvgIpc) is 2.80. The minimum absolute atomic E-state index is 0.0224. The SMILES string of the molecule is CCCc1ccc(C2CC(CC(=O)O)CCN2C(CCC(C)C)c2ccc(C(F)(F)F)cc2)cc1. The van der Waals surface area contributed by atoms with Gasteiger partial charge in [0.05, 0.1) is 5.56 Å². The molecular weight excluding hydrogens is 451 g/mol. The van der Waals surface area contributed by atoms with Gasteiger partial charge in [0, 0.05) is 18.5 Å². The number of hydrogen-bond donors (Lipinski definition) is 1. The minimum atomic E-state index is -4.36. The van der Waals surface area contributed by atoms with Crippen LogP contribution in [0.5, 0.6) is 0 Å². The Hall–Kier alpha value is -2.34. The number of aliphatic carboxylic acids is 1. The predicted octanol–water partition coefficient (Wildman–Crippen LogP) is 8.06. The summed E-state index contributed by atoms with van der Waals surface area (Å²) in [6.45, 7) is 7.19. The third-order valence-corrected chi connectivity index (χ3v) is 7.16. The molecule has 3 nitrogen and oxygen atoms in total. The normalized spacial score (nSPS) is 20.2.